The van der Waals surface area contributed by atoms with Crippen LogP contribution < -0.4 is 10.6 Å². The van der Waals surface area contributed by atoms with Gasteiger partial charge in [0, 0.05) is 28.2 Å². The summed E-state index contributed by atoms with van der Waals surface area (Å²) < 4.78 is 16.2. The van der Waals surface area contributed by atoms with Crippen molar-refractivity contribution in [3.05, 3.63) is 63.4 Å². The molecule has 3 fully saturated rings. The number of hydrogen-bond donors (Lipinski definition) is 2. The monoisotopic (exact) mass is 627 g/mol. The number of hydrogen-bond acceptors (Lipinski definition) is 3. The van der Waals surface area contributed by atoms with E-state index in [1.807, 2.05) is 13.1 Å². The van der Waals surface area contributed by atoms with Gasteiger partial charge in [-0.05, 0) is 105 Å². The van der Waals surface area contributed by atoms with Gasteiger partial charge in [-0.15, -0.1) is 0 Å². The first-order valence-electron chi connectivity index (χ1n) is 15.9. The van der Waals surface area contributed by atoms with Crippen molar-refractivity contribution in [3.8, 4) is 0 Å². The van der Waals surface area contributed by atoms with E-state index in [0.717, 1.165) is 44.1 Å². The molecule has 232 valence electrons. The fourth-order valence-corrected chi connectivity index (χ4v) is 9.52. The van der Waals surface area contributed by atoms with E-state index >= 15 is 4.39 Å². The number of amides is 2. The van der Waals surface area contributed by atoms with E-state index in [1.54, 1.807) is 24.3 Å². The summed E-state index contributed by atoms with van der Waals surface area (Å²) >= 11 is 12.8. The molecule has 0 aromatic heterocycles. The first-order valence-corrected chi connectivity index (χ1v) is 16.7. The molecule has 0 radical (unpaired) electrons. The number of nitrogens with zero attached hydrogens (tertiary/aromatic N) is 1. The quantitative estimate of drug-likeness (QED) is 0.360. The van der Waals surface area contributed by atoms with Crippen LogP contribution in [0.5, 0.6) is 0 Å². The molecule has 0 unspecified atom stereocenters. The van der Waals surface area contributed by atoms with Gasteiger partial charge in [-0.2, -0.15) is 0 Å². The average molecular weight is 629 g/mol. The molecule has 5 nitrogen and oxygen atoms in total. The molecule has 3 atom stereocenters. The van der Waals surface area contributed by atoms with Crippen molar-refractivity contribution in [1.82, 2.24) is 10.2 Å². The van der Waals surface area contributed by atoms with Gasteiger partial charge in [0.05, 0.1) is 11.1 Å². The van der Waals surface area contributed by atoms with Gasteiger partial charge >= 0.3 is 0 Å². The predicted molar refractivity (Wildman–Crippen MR) is 171 cm³/mol. The summed E-state index contributed by atoms with van der Waals surface area (Å²) in [6.07, 6.45) is 7.17. The summed E-state index contributed by atoms with van der Waals surface area (Å²) in [7, 11) is 1.98. The van der Waals surface area contributed by atoms with Crippen LogP contribution in [-0.2, 0) is 15.0 Å². The van der Waals surface area contributed by atoms with E-state index in [-0.39, 0.29) is 28.3 Å². The standard InChI is InChI=1S/C35H44Cl2FN3O2/c1-20(2)21-9-12-23(13-10-21)39-31(42)30-28(24-7-6-8-26(37)29(24)38)35(25-14-11-22(36)19-27(25)40-32(35)43)34(41(30)5)17-15-33(3,4)16-18-34/h6-8,11,14,19-21,23,28,30H,9-10,12-13,15-18H2,1-5H3,(H,39,42)(H,40,43)/t21?,23?,28-,30+,35+/m0/s1. The predicted octanol–water partition coefficient (Wildman–Crippen LogP) is 8.09. The summed E-state index contributed by atoms with van der Waals surface area (Å²) in [6.45, 7) is 9.05. The molecule has 4 aliphatic rings. The molecule has 2 heterocycles. The minimum Gasteiger partial charge on any atom is -0.352 e. The highest BCUT2D eigenvalue weighted by molar-refractivity contribution is 6.31. The van der Waals surface area contributed by atoms with Crippen LogP contribution >= 0.6 is 23.2 Å². The molecule has 1 saturated heterocycles. The molecule has 6 rings (SSSR count). The third-order valence-corrected chi connectivity index (χ3v) is 12.2. The Bertz CT molecular complexity index is 1430. The van der Waals surface area contributed by atoms with E-state index in [1.165, 1.54) is 6.07 Å². The molecule has 2 aliphatic heterocycles. The highest BCUT2D eigenvalue weighted by Crippen LogP contribution is 2.67. The summed E-state index contributed by atoms with van der Waals surface area (Å²) in [6, 6.07) is 9.73. The fraction of sp³-hybridized carbons (Fsp3) is 0.600. The Morgan fingerprint density at radius 1 is 1.05 bits per heavy atom. The lowest BCUT2D eigenvalue weighted by Crippen LogP contribution is -2.62. The molecule has 2 saturated carbocycles. The minimum atomic E-state index is -1.22. The number of carbonyl (C=O) groups is 2. The van der Waals surface area contributed by atoms with E-state index in [0.29, 0.717) is 41.0 Å². The van der Waals surface area contributed by atoms with Crippen molar-refractivity contribution in [2.24, 2.45) is 17.3 Å². The Balaban J connectivity index is 1.52. The summed E-state index contributed by atoms with van der Waals surface area (Å²) in [5.41, 5.74) is -0.121. The molecule has 2 aliphatic carbocycles. The second-order valence-electron chi connectivity index (χ2n) is 14.7. The lowest BCUT2D eigenvalue weighted by molar-refractivity contribution is -0.129. The fourth-order valence-electron chi connectivity index (χ4n) is 9.17. The zero-order valence-corrected chi connectivity index (χ0v) is 27.4. The van der Waals surface area contributed by atoms with E-state index < -0.39 is 28.7 Å². The number of likely N-dealkylation sites (tertiary alicyclic amines) is 1. The zero-order valence-electron chi connectivity index (χ0n) is 25.9. The van der Waals surface area contributed by atoms with E-state index in [9.17, 15) is 9.59 Å². The maximum atomic E-state index is 16.2. The minimum absolute atomic E-state index is 0.0121. The van der Waals surface area contributed by atoms with Crippen molar-refractivity contribution in [3.63, 3.8) is 0 Å². The normalized spacial score (nSPS) is 31.4. The number of carbonyl (C=O) groups excluding carboxylic acids is 2. The highest BCUT2D eigenvalue weighted by Gasteiger charge is 2.75. The van der Waals surface area contributed by atoms with Gasteiger partial charge in [-0.25, -0.2) is 4.39 Å². The second-order valence-corrected chi connectivity index (χ2v) is 15.5. The van der Waals surface area contributed by atoms with Crippen molar-refractivity contribution in [2.75, 3.05) is 12.4 Å². The van der Waals surface area contributed by atoms with Crippen LogP contribution in [0, 0.1) is 23.1 Å². The van der Waals surface area contributed by atoms with Gasteiger partial charge in [0.2, 0.25) is 11.8 Å². The molecule has 2 aromatic rings. The Hall–Kier alpha value is -2.15. The molecule has 2 aromatic carbocycles. The number of rotatable bonds is 4. The van der Waals surface area contributed by atoms with Crippen molar-refractivity contribution in [1.29, 1.82) is 0 Å². The maximum Gasteiger partial charge on any atom is 0.238 e. The molecule has 8 heteroatoms. The highest BCUT2D eigenvalue weighted by atomic mass is 35.5. The van der Waals surface area contributed by atoms with Crippen LogP contribution in [0.1, 0.15) is 96.1 Å². The molecular formula is C35H44Cl2FN3O2. The summed E-state index contributed by atoms with van der Waals surface area (Å²) in [5.74, 6) is -0.423. The zero-order chi connectivity index (χ0) is 30.9. The molecule has 0 bridgehead atoms. The number of likely N-dealkylation sites (N-methyl/N-ethyl adjacent to an activating group) is 1. The van der Waals surface area contributed by atoms with Crippen LogP contribution in [0.4, 0.5) is 10.1 Å². The summed E-state index contributed by atoms with van der Waals surface area (Å²) in [4.78, 5) is 31.5. The van der Waals surface area contributed by atoms with Gasteiger partial charge in [0.15, 0.2) is 0 Å². The first-order chi connectivity index (χ1) is 20.3. The van der Waals surface area contributed by atoms with Crippen LogP contribution in [-0.4, -0.2) is 41.4 Å². The largest absolute Gasteiger partial charge is 0.352 e. The molecule has 2 spiro atoms. The topological polar surface area (TPSA) is 61.4 Å². The van der Waals surface area contributed by atoms with Gasteiger partial charge in [0.25, 0.3) is 0 Å². The molecule has 2 N–H and O–H groups in total. The SMILES string of the molecule is CC(C)C1CCC(NC(=O)[C@H]2[C@H](c3cccc(Cl)c3F)[C@]3(C(=O)Nc4cc(Cl)ccc43)C3(CCC(C)(C)CC3)N2C)CC1. The molecule has 2 amide bonds. The van der Waals surface area contributed by atoms with Gasteiger partial charge in [0.1, 0.15) is 11.2 Å². The Kier molecular flexibility index (Phi) is 7.91. The first kappa shape index (κ1) is 30.9. The van der Waals surface area contributed by atoms with Crippen LogP contribution in [0.2, 0.25) is 10.0 Å². The second kappa shape index (κ2) is 11.0. The Morgan fingerprint density at radius 2 is 1.72 bits per heavy atom. The van der Waals surface area contributed by atoms with Crippen LogP contribution in [0.15, 0.2) is 36.4 Å². The number of fused-ring (bicyclic) bond motifs is 3. The van der Waals surface area contributed by atoms with E-state index in [4.69, 9.17) is 23.2 Å². The lowest BCUT2D eigenvalue weighted by atomic mass is 9.53. The third kappa shape index (κ3) is 4.73. The van der Waals surface area contributed by atoms with Gasteiger partial charge in [-0.3, -0.25) is 14.5 Å². The molecule has 43 heavy (non-hydrogen) atoms. The van der Waals surface area contributed by atoms with Crippen LogP contribution in [0.3, 0.4) is 0 Å². The average Bonchev–Trinajstić information content (AvgIpc) is 3.36. The number of anilines is 1. The smallest absolute Gasteiger partial charge is 0.238 e. The van der Waals surface area contributed by atoms with Crippen molar-refractivity contribution in [2.45, 2.75) is 108 Å². The summed E-state index contributed by atoms with van der Waals surface area (Å²) in [5, 5.41) is 7.02. The van der Waals surface area contributed by atoms with Crippen molar-refractivity contribution < 1.29 is 14.0 Å². The number of nitrogens with one attached hydrogen (secondary N) is 2. The lowest BCUT2D eigenvalue weighted by Gasteiger charge is -2.53. The van der Waals surface area contributed by atoms with Crippen LogP contribution in [0.25, 0.3) is 0 Å². The van der Waals surface area contributed by atoms with E-state index in [2.05, 4.69) is 43.2 Å². The van der Waals surface area contributed by atoms with Crippen molar-refractivity contribution >= 4 is 40.7 Å². The molecular weight excluding hydrogens is 584 g/mol. The third-order valence-electron chi connectivity index (χ3n) is 11.7. The number of halogens is 3. The van der Waals surface area contributed by atoms with Gasteiger partial charge in [-0.1, -0.05) is 69.1 Å². The number of benzene rings is 2. The Labute approximate surface area is 265 Å². The Morgan fingerprint density at radius 3 is 2.37 bits per heavy atom. The maximum absolute atomic E-state index is 16.2. The van der Waals surface area contributed by atoms with Gasteiger partial charge < -0.3 is 10.6 Å².